The van der Waals surface area contributed by atoms with Gasteiger partial charge in [0.25, 0.3) is 0 Å². The summed E-state index contributed by atoms with van der Waals surface area (Å²) in [7, 11) is 2.08. The van der Waals surface area contributed by atoms with Crippen LogP contribution in [0.15, 0.2) is 0 Å². The maximum Gasteiger partial charge on any atom is 0.0791 e. The second kappa shape index (κ2) is 6.58. The molecular formula is C13H30N2O. The van der Waals surface area contributed by atoms with Crippen molar-refractivity contribution in [2.75, 3.05) is 20.1 Å². The quantitative estimate of drug-likeness (QED) is 0.729. The molecule has 0 fully saturated rings. The van der Waals surface area contributed by atoms with Crippen LogP contribution in [0, 0.1) is 5.41 Å². The summed E-state index contributed by atoms with van der Waals surface area (Å²) in [6.07, 6.45) is -0.294. The summed E-state index contributed by atoms with van der Waals surface area (Å²) in [4.78, 5) is 2.23. The molecule has 0 aliphatic heterocycles. The van der Waals surface area contributed by atoms with E-state index in [4.69, 9.17) is 0 Å². The SMILES string of the molecule is CC(C)NCC(O)CN(C)C(C)C(C)(C)C. The van der Waals surface area contributed by atoms with E-state index >= 15 is 0 Å². The first-order valence-corrected chi connectivity index (χ1v) is 6.26. The molecular weight excluding hydrogens is 200 g/mol. The first-order valence-electron chi connectivity index (χ1n) is 6.26. The Labute approximate surface area is 101 Å². The number of likely N-dealkylation sites (N-methyl/N-ethyl adjacent to an activating group) is 1. The lowest BCUT2D eigenvalue weighted by Gasteiger charge is -2.36. The fourth-order valence-electron chi connectivity index (χ4n) is 1.59. The van der Waals surface area contributed by atoms with Gasteiger partial charge in [-0.05, 0) is 19.4 Å². The number of rotatable bonds is 6. The Kier molecular flexibility index (Phi) is 6.53. The zero-order valence-electron chi connectivity index (χ0n) is 12.0. The minimum absolute atomic E-state index is 0.250. The molecule has 0 aliphatic carbocycles. The van der Waals surface area contributed by atoms with E-state index in [1.165, 1.54) is 0 Å². The summed E-state index contributed by atoms with van der Waals surface area (Å²) in [5.74, 6) is 0. The summed E-state index contributed by atoms with van der Waals surface area (Å²) < 4.78 is 0. The van der Waals surface area contributed by atoms with Gasteiger partial charge in [-0.2, -0.15) is 0 Å². The summed E-state index contributed by atoms with van der Waals surface area (Å²) in [6, 6.07) is 0.890. The fraction of sp³-hybridized carbons (Fsp3) is 1.00. The third kappa shape index (κ3) is 6.46. The molecule has 2 atom stereocenters. The lowest BCUT2D eigenvalue weighted by Crippen LogP contribution is -2.45. The van der Waals surface area contributed by atoms with E-state index in [1.54, 1.807) is 0 Å². The largest absolute Gasteiger partial charge is 0.390 e. The highest BCUT2D eigenvalue weighted by Crippen LogP contribution is 2.22. The zero-order chi connectivity index (χ0) is 12.9. The molecule has 0 amide bonds. The van der Waals surface area contributed by atoms with Gasteiger partial charge in [-0.25, -0.2) is 0 Å². The lowest BCUT2D eigenvalue weighted by molar-refractivity contribution is 0.0705. The Balaban J connectivity index is 3.99. The monoisotopic (exact) mass is 230 g/mol. The second-order valence-electron chi connectivity index (χ2n) is 6.20. The van der Waals surface area contributed by atoms with Crippen molar-refractivity contribution < 1.29 is 5.11 Å². The van der Waals surface area contributed by atoms with E-state index in [-0.39, 0.29) is 11.5 Å². The standard InChI is InChI=1S/C13H30N2O/c1-10(2)14-8-12(16)9-15(7)11(3)13(4,5)6/h10-12,14,16H,8-9H2,1-7H3. The average Bonchev–Trinajstić information content (AvgIpc) is 2.11. The number of nitrogens with one attached hydrogen (secondary N) is 1. The molecule has 0 heterocycles. The Bertz CT molecular complexity index is 187. The van der Waals surface area contributed by atoms with E-state index in [9.17, 15) is 5.11 Å². The van der Waals surface area contributed by atoms with Crippen LogP contribution in [-0.2, 0) is 0 Å². The number of aliphatic hydroxyl groups excluding tert-OH is 1. The minimum Gasteiger partial charge on any atom is -0.390 e. The van der Waals surface area contributed by atoms with Gasteiger partial charge in [0.15, 0.2) is 0 Å². The van der Waals surface area contributed by atoms with Crippen LogP contribution in [0.5, 0.6) is 0 Å². The molecule has 0 aromatic heterocycles. The number of aliphatic hydroxyl groups is 1. The number of hydrogen-bond acceptors (Lipinski definition) is 3. The molecule has 98 valence electrons. The van der Waals surface area contributed by atoms with Crippen molar-refractivity contribution in [3.8, 4) is 0 Å². The highest BCUT2D eigenvalue weighted by molar-refractivity contribution is 4.79. The van der Waals surface area contributed by atoms with Crippen LogP contribution in [0.2, 0.25) is 0 Å². The molecule has 2 unspecified atom stereocenters. The Morgan fingerprint density at radius 1 is 1.19 bits per heavy atom. The van der Waals surface area contributed by atoms with E-state index in [1.807, 2.05) is 0 Å². The van der Waals surface area contributed by atoms with Gasteiger partial charge in [-0.1, -0.05) is 34.6 Å². The van der Waals surface area contributed by atoms with Crippen LogP contribution in [-0.4, -0.2) is 48.3 Å². The van der Waals surface area contributed by atoms with E-state index in [2.05, 4.69) is 58.8 Å². The lowest BCUT2D eigenvalue weighted by atomic mass is 9.87. The van der Waals surface area contributed by atoms with Crippen LogP contribution < -0.4 is 5.32 Å². The van der Waals surface area contributed by atoms with Crippen LogP contribution in [0.4, 0.5) is 0 Å². The molecule has 0 spiro atoms. The van der Waals surface area contributed by atoms with Crippen molar-refractivity contribution in [1.82, 2.24) is 10.2 Å². The van der Waals surface area contributed by atoms with Crippen molar-refractivity contribution in [3.63, 3.8) is 0 Å². The van der Waals surface area contributed by atoms with Gasteiger partial charge in [-0.15, -0.1) is 0 Å². The van der Waals surface area contributed by atoms with E-state index < -0.39 is 0 Å². The van der Waals surface area contributed by atoms with Crippen molar-refractivity contribution in [1.29, 1.82) is 0 Å². The molecule has 16 heavy (non-hydrogen) atoms. The molecule has 0 saturated carbocycles. The number of hydrogen-bond donors (Lipinski definition) is 2. The average molecular weight is 230 g/mol. The minimum atomic E-state index is -0.294. The summed E-state index contributed by atoms with van der Waals surface area (Å²) in [5.41, 5.74) is 0.250. The molecule has 0 aromatic rings. The van der Waals surface area contributed by atoms with Gasteiger partial charge < -0.3 is 15.3 Å². The van der Waals surface area contributed by atoms with Gasteiger partial charge in [0.05, 0.1) is 6.10 Å². The fourth-order valence-corrected chi connectivity index (χ4v) is 1.59. The van der Waals surface area contributed by atoms with Gasteiger partial charge in [-0.3, -0.25) is 0 Å². The Morgan fingerprint density at radius 2 is 1.69 bits per heavy atom. The molecule has 0 aliphatic rings. The first kappa shape index (κ1) is 15.9. The van der Waals surface area contributed by atoms with E-state index in [0.29, 0.717) is 18.6 Å². The molecule has 0 bridgehead atoms. The molecule has 3 heteroatoms. The third-order valence-corrected chi connectivity index (χ3v) is 3.17. The van der Waals surface area contributed by atoms with Crippen LogP contribution in [0.3, 0.4) is 0 Å². The van der Waals surface area contributed by atoms with Crippen LogP contribution >= 0.6 is 0 Å². The smallest absolute Gasteiger partial charge is 0.0791 e. The van der Waals surface area contributed by atoms with Crippen molar-refractivity contribution in [2.24, 2.45) is 5.41 Å². The van der Waals surface area contributed by atoms with Crippen molar-refractivity contribution >= 4 is 0 Å². The molecule has 0 saturated heterocycles. The highest BCUT2D eigenvalue weighted by Gasteiger charge is 2.24. The maximum atomic E-state index is 9.88. The highest BCUT2D eigenvalue weighted by atomic mass is 16.3. The van der Waals surface area contributed by atoms with Crippen LogP contribution in [0.25, 0.3) is 0 Å². The summed E-state index contributed by atoms with van der Waals surface area (Å²) >= 11 is 0. The van der Waals surface area contributed by atoms with Gasteiger partial charge in [0, 0.05) is 25.2 Å². The maximum absolute atomic E-state index is 9.88. The topological polar surface area (TPSA) is 35.5 Å². The molecule has 0 aromatic carbocycles. The van der Waals surface area contributed by atoms with Gasteiger partial charge in [0.2, 0.25) is 0 Å². The zero-order valence-corrected chi connectivity index (χ0v) is 12.0. The molecule has 2 N–H and O–H groups in total. The Hall–Kier alpha value is -0.120. The predicted octanol–water partition coefficient (Wildman–Crippen LogP) is 1.71. The number of nitrogens with zero attached hydrogens (tertiary/aromatic N) is 1. The van der Waals surface area contributed by atoms with Crippen molar-refractivity contribution in [3.05, 3.63) is 0 Å². The van der Waals surface area contributed by atoms with Crippen LogP contribution in [0.1, 0.15) is 41.5 Å². The Morgan fingerprint density at radius 3 is 2.06 bits per heavy atom. The van der Waals surface area contributed by atoms with Gasteiger partial charge in [0.1, 0.15) is 0 Å². The third-order valence-electron chi connectivity index (χ3n) is 3.17. The van der Waals surface area contributed by atoms with Gasteiger partial charge >= 0.3 is 0 Å². The molecule has 3 nitrogen and oxygen atoms in total. The normalized spacial score (nSPS) is 16.9. The van der Waals surface area contributed by atoms with Crippen molar-refractivity contribution in [2.45, 2.75) is 59.7 Å². The van der Waals surface area contributed by atoms with E-state index in [0.717, 1.165) is 6.54 Å². The molecule has 0 radical (unpaired) electrons. The first-order chi connectivity index (χ1) is 7.14. The second-order valence-corrected chi connectivity index (χ2v) is 6.20. The summed E-state index contributed by atoms with van der Waals surface area (Å²) in [6.45, 7) is 14.5. The molecule has 0 rings (SSSR count). The summed E-state index contributed by atoms with van der Waals surface area (Å²) in [5, 5.41) is 13.1. The predicted molar refractivity (Wildman–Crippen MR) is 70.7 cm³/mol.